The van der Waals surface area contributed by atoms with Gasteiger partial charge in [-0.3, -0.25) is 9.78 Å². The van der Waals surface area contributed by atoms with E-state index in [1.54, 1.807) is 12.1 Å². The molecule has 2 rings (SSSR count). The molecule has 0 bridgehead atoms. The Morgan fingerprint density at radius 2 is 1.95 bits per heavy atom. The number of primary amides is 1. The maximum absolute atomic E-state index is 13.1. The Bertz CT molecular complexity index is 714. The molecule has 0 unspecified atom stereocenters. The summed E-state index contributed by atoms with van der Waals surface area (Å²) in [6.07, 6.45) is -3.73. The monoisotopic (exact) mass is 406 g/mol. The predicted octanol–water partition coefficient (Wildman–Crippen LogP) is 3.78. The number of aromatic nitrogens is 1. The minimum absolute atomic E-state index is 0.197. The van der Waals surface area contributed by atoms with Gasteiger partial charge in [-0.25, -0.2) is 0 Å². The smallest absolute Gasteiger partial charge is 0.366 e. The Morgan fingerprint density at radius 1 is 1.29 bits per heavy atom. The maximum atomic E-state index is 13.1. The highest BCUT2D eigenvalue weighted by molar-refractivity contribution is 14.1. The van der Waals surface area contributed by atoms with E-state index in [1.165, 1.54) is 12.1 Å². The summed E-state index contributed by atoms with van der Waals surface area (Å²) in [5, 5.41) is 0. The lowest BCUT2D eigenvalue weighted by molar-refractivity contribution is -0.140. The van der Waals surface area contributed by atoms with E-state index in [-0.39, 0.29) is 16.7 Å². The lowest BCUT2D eigenvalue weighted by Gasteiger charge is -2.15. The number of nitrogens with two attached hydrogens (primary N) is 1. The molecule has 2 N–H and O–H groups in total. The molecule has 0 aliphatic carbocycles. The van der Waals surface area contributed by atoms with Crippen molar-refractivity contribution in [3.63, 3.8) is 0 Å². The van der Waals surface area contributed by atoms with E-state index in [0.717, 1.165) is 15.3 Å². The molecule has 0 aliphatic heterocycles. The Balaban J connectivity index is 2.81. The Kier molecular flexibility index (Phi) is 4.22. The molecule has 1 heterocycles. The van der Waals surface area contributed by atoms with Gasteiger partial charge in [0.25, 0.3) is 0 Å². The lowest BCUT2D eigenvalue weighted by atomic mass is 9.97. The first-order valence-corrected chi connectivity index (χ1v) is 6.92. The Morgan fingerprint density at radius 3 is 2.48 bits per heavy atom. The second kappa shape index (κ2) is 5.63. The summed E-state index contributed by atoms with van der Waals surface area (Å²) >= 11 is 2.02. The van der Waals surface area contributed by atoms with Crippen LogP contribution in [0.2, 0.25) is 0 Å². The predicted molar refractivity (Wildman–Crippen MR) is 80.6 cm³/mol. The van der Waals surface area contributed by atoms with Gasteiger partial charge in [-0.1, -0.05) is 12.1 Å². The summed E-state index contributed by atoms with van der Waals surface area (Å²) in [5.41, 5.74) is 4.80. The maximum Gasteiger partial charge on any atom is 0.433 e. The molecule has 3 nitrogen and oxygen atoms in total. The van der Waals surface area contributed by atoms with Crippen molar-refractivity contribution in [3.05, 3.63) is 50.9 Å². The largest absolute Gasteiger partial charge is 0.433 e. The molecule has 2 aromatic rings. The van der Waals surface area contributed by atoms with Crippen LogP contribution in [-0.4, -0.2) is 10.9 Å². The number of hydrogen-bond acceptors (Lipinski definition) is 2. The van der Waals surface area contributed by atoms with Crippen LogP contribution in [0.4, 0.5) is 13.2 Å². The van der Waals surface area contributed by atoms with Crippen LogP contribution in [0.5, 0.6) is 0 Å². The van der Waals surface area contributed by atoms with Crippen molar-refractivity contribution in [2.24, 2.45) is 5.73 Å². The van der Waals surface area contributed by atoms with E-state index in [1.807, 2.05) is 29.5 Å². The van der Waals surface area contributed by atoms with Crippen LogP contribution >= 0.6 is 22.6 Å². The van der Waals surface area contributed by atoms with Crippen molar-refractivity contribution in [2.45, 2.75) is 13.1 Å². The van der Waals surface area contributed by atoms with Gasteiger partial charge in [-0.15, -0.1) is 0 Å². The average molecular weight is 406 g/mol. The third-order valence-corrected chi connectivity index (χ3v) is 4.11. The first-order chi connectivity index (χ1) is 9.71. The van der Waals surface area contributed by atoms with Crippen molar-refractivity contribution in [1.29, 1.82) is 0 Å². The molecule has 21 heavy (non-hydrogen) atoms. The summed E-state index contributed by atoms with van der Waals surface area (Å²) in [7, 11) is 0. The van der Waals surface area contributed by atoms with Crippen molar-refractivity contribution in [1.82, 2.24) is 4.98 Å². The fourth-order valence-electron chi connectivity index (χ4n) is 1.92. The van der Waals surface area contributed by atoms with Gasteiger partial charge in [0, 0.05) is 15.3 Å². The van der Waals surface area contributed by atoms with Crippen LogP contribution in [0.3, 0.4) is 0 Å². The number of carbonyl (C=O) groups excluding carboxylic acids is 1. The molecule has 1 aromatic carbocycles. The van der Waals surface area contributed by atoms with Gasteiger partial charge in [0.15, 0.2) is 5.69 Å². The normalized spacial score (nSPS) is 11.5. The second-order valence-corrected chi connectivity index (χ2v) is 5.57. The van der Waals surface area contributed by atoms with E-state index >= 15 is 0 Å². The van der Waals surface area contributed by atoms with Crippen molar-refractivity contribution in [3.8, 4) is 11.1 Å². The zero-order valence-corrected chi connectivity index (χ0v) is 13.0. The van der Waals surface area contributed by atoms with E-state index in [0.29, 0.717) is 0 Å². The highest BCUT2D eigenvalue weighted by Crippen LogP contribution is 2.38. The van der Waals surface area contributed by atoms with Crippen molar-refractivity contribution < 1.29 is 18.0 Å². The molecule has 0 atom stereocenters. The van der Waals surface area contributed by atoms with Gasteiger partial charge >= 0.3 is 6.18 Å². The fraction of sp³-hybridized carbons (Fsp3) is 0.143. The van der Waals surface area contributed by atoms with Crippen LogP contribution in [0.25, 0.3) is 11.1 Å². The van der Waals surface area contributed by atoms with Gasteiger partial charge in [-0.2, -0.15) is 13.2 Å². The molecule has 0 spiro atoms. The third-order valence-electron chi connectivity index (χ3n) is 2.95. The average Bonchev–Trinajstić information content (AvgIpc) is 2.40. The highest BCUT2D eigenvalue weighted by atomic mass is 127. The number of hydrogen-bond donors (Lipinski definition) is 1. The molecule has 1 aromatic heterocycles. The minimum atomic E-state index is -4.67. The van der Waals surface area contributed by atoms with Gasteiger partial charge in [0.05, 0.1) is 5.56 Å². The standard InChI is InChI=1S/C14H10F3IN2O/c1-7-2-3-8(6-10(7)18)11-9(13(19)21)4-5-20-12(11)14(15,16)17/h2-6H,1H3,(H2,19,21). The number of nitrogens with zero attached hydrogens (tertiary/aromatic N) is 1. The molecule has 0 aliphatic rings. The van der Waals surface area contributed by atoms with E-state index in [2.05, 4.69) is 4.98 Å². The second-order valence-electron chi connectivity index (χ2n) is 4.41. The molecule has 0 saturated heterocycles. The third kappa shape index (κ3) is 3.17. The SMILES string of the molecule is Cc1ccc(-c2c(C(N)=O)ccnc2C(F)(F)F)cc1I. The molecule has 0 radical (unpaired) electrons. The summed E-state index contributed by atoms with van der Waals surface area (Å²) in [5.74, 6) is -0.923. The van der Waals surface area contributed by atoms with Crippen molar-refractivity contribution in [2.75, 3.05) is 0 Å². The number of carbonyl (C=O) groups is 1. The number of rotatable bonds is 2. The number of aryl methyl sites for hydroxylation is 1. The lowest BCUT2D eigenvalue weighted by Crippen LogP contribution is -2.18. The first-order valence-electron chi connectivity index (χ1n) is 5.84. The molecule has 1 amide bonds. The first kappa shape index (κ1) is 15.7. The van der Waals surface area contributed by atoms with Crippen LogP contribution in [0, 0.1) is 10.5 Å². The van der Waals surface area contributed by atoms with Crippen LogP contribution in [-0.2, 0) is 6.18 Å². The van der Waals surface area contributed by atoms with Gasteiger partial charge < -0.3 is 5.73 Å². The number of pyridine rings is 1. The van der Waals surface area contributed by atoms with E-state index in [9.17, 15) is 18.0 Å². The zero-order chi connectivity index (χ0) is 15.8. The summed E-state index contributed by atoms with van der Waals surface area (Å²) in [6, 6.07) is 5.99. The molecular weight excluding hydrogens is 396 g/mol. The van der Waals surface area contributed by atoms with Crippen LogP contribution in [0.1, 0.15) is 21.6 Å². The van der Waals surface area contributed by atoms with Crippen molar-refractivity contribution >= 4 is 28.5 Å². The van der Waals surface area contributed by atoms with Gasteiger partial charge in [0.2, 0.25) is 5.91 Å². The van der Waals surface area contributed by atoms with Crippen LogP contribution in [0.15, 0.2) is 30.5 Å². The minimum Gasteiger partial charge on any atom is -0.366 e. The van der Waals surface area contributed by atoms with Gasteiger partial charge in [-0.05, 0) is 52.8 Å². The Hall–Kier alpha value is -1.64. The number of benzene rings is 1. The highest BCUT2D eigenvalue weighted by Gasteiger charge is 2.37. The summed E-state index contributed by atoms with van der Waals surface area (Å²) < 4.78 is 40.2. The number of amides is 1. The quantitative estimate of drug-likeness (QED) is 0.773. The number of alkyl halides is 3. The molecule has 110 valence electrons. The molecule has 0 fully saturated rings. The molecular formula is C14H10F3IN2O. The summed E-state index contributed by atoms with van der Waals surface area (Å²) in [6.45, 7) is 1.84. The number of halogens is 4. The molecule has 7 heteroatoms. The zero-order valence-electron chi connectivity index (χ0n) is 10.8. The van der Waals surface area contributed by atoms with E-state index < -0.39 is 17.8 Å². The van der Waals surface area contributed by atoms with Gasteiger partial charge in [0.1, 0.15) is 0 Å². The Labute approximate surface area is 132 Å². The fourth-order valence-corrected chi connectivity index (χ4v) is 2.44. The molecule has 0 saturated carbocycles. The van der Waals surface area contributed by atoms with Crippen LogP contribution < -0.4 is 5.73 Å². The topological polar surface area (TPSA) is 56.0 Å². The van der Waals surface area contributed by atoms with E-state index in [4.69, 9.17) is 5.73 Å². The summed E-state index contributed by atoms with van der Waals surface area (Å²) in [4.78, 5) is 14.8.